The van der Waals surface area contributed by atoms with Crippen LogP contribution in [0.15, 0.2) is 91.3 Å². The number of benzene rings is 3. The molecule has 0 unspecified atom stereocenters. The van der Waals surface area contributed by atoms with Gasteiger partial charge in [-0.1, -0.05) is 24.3 Å². The van der Waals surface area contributed by atoms with Gasteiger partial charge in [0.2, 0.25) is 0 Å². The highest BCUT2D eigenvalue weighted by Crippen LogP contribution is 2.40. The number of rotatable bonds is 8. The first-order chi connectivity index (χ1) is 19.3. The molecule has 1 aliphatic rings. The second-order valence-corrected chi connectivity index (χ2v) is 9.95. The highest BCUT2D eigenvalue weighted by atomic mass is 16.6. The van der Waals surface area contributed by atoms with Crippen LogP contribution in [0, 0.1) is 0 Å². The van der Waals surface area contributed by atoms with Gasteiger partial charge in [-0.3, -0.25) is 10.3 Å². The lowest BCUT2D eigenvalue weighted by Crippen LogP contribution is -2.32. The molecule has 3 aromatic carbocycles. The van der Waals surface area contributed by atoms with Gasteiger partial charge in [0.1, 0.15) is 17.2 Å². The topological polar surface area (TPSA) is 93.7 Å². The van der Waals surface area contributed by atoms with E-state index in [1.54, 1.807) is 50.9 Å². The van der Waals surface area contributed by atoms with Crippen LogP contribution in [0.25, 0.3) is 16.7 Å². The van der Waals surface area contributed by atoms with Gasteiger partial charge in [-0.05, 0) is 73.5 Å². The second kappa shape index (κ2) is 11.4. The zero-order chi connectivity index (χ0) is 28.1. The largest absolute Gasteiger partial charge is 0.496 e. The zero-order valence-corrected chi connectivity index (χ0v) is 22.9. The van der Waals surface area contributed by atoms with Gasteiger partial charge in [-0.25, -0.2) is 4.79 Å². The van der Waals surface area contributed by atoms with E-state index in [1.807, 2.05) is 30.3 Å². The Morgan fingerprint density at radius 1 is 0.925 bits per heavy atom. The van der Waals surface area contributed by atoms with Crippen molar-refractivity contribution in [1.29, 1.82) is 0 Å². The number of nitrogens with one attached hydrogen (secondary N) is 3. The third-order valence-electron chi connectivity index (χ3n) is 6.54. The fraction of sp³-hybridized carbons (Fsp3) is 0.188. The molecule has 4 aromatic rings. The predicted molar refractivity (Wildman–Crippen MR) is 159 cm³/mol. The normalized spacial score (nSPS) is 13.2. The smallest absolute Gasteiger partial charge is 0.417 e. The maximum Gasteiger partial charge on any atom is 0.417 e. The van der Waals surface area contributed by atoms with Crippen LogP contribution in [-0.2, 0) is 0 Å². The summed E-state index contributed by atoms with van der Waals surface area (Å²) in [7, 11) is 3.27. The number of ether oxygens (including phenoxy) is 3. The van der Waals surface area contributed by atoms with E-state index in [9.17, 15) is 4.79 Å². The summed E-state index contributed by atoms with van der Waals surface area (Å²) in [6.45, 7) is 4.93. The Labute approximate surface area is 234 Å². The molecule has 1 aromatic heterocycles. The summed E-state index contributed by atoms with van der Waals surface area (Å²) in [5.74, 6) is 1.75. The van der Waals surface area contributed by atoms with Crippen LogP contribution in [-0.4, -0.2) is 37.4 Å². The molecule has 0 spiro atoms. The number of aromatic nitrogens is 1. The Kier molecular flexibility index (Phi) is 7.59. The van der Waals surface area contributed by atoms with Gasteiger partial charge < -0.3 is 24.8 Å². The van der Waals surface area contributed by atoms with E-state index < -0.39 is 6.09 Å². The summed E-state index contributed by atoms with van der Waals surface area (Å²) in [5.41, 5.74) is 6.45. The van der Waals surface area contributed by atoms with Crippen LogP contribution < -0.4 is 30.2 Å². The molecule has 0 fully saturated rings. The van der Waals surface area contributed by atoms with Crippen LogP contribution in [0.4, 0.5) is 21.9 Å². The van der Waals surface area contributed by atoms with E-state index >= 15 is 0 Å². The molecule has 0 aliphatic carbocycles. The summed E-state index contributed by atoms with van der Waals surface area (Å²) in [6.07, 6.45) is 4.82. The Balaban J connectivity index is 1.40. The fourth-order valence-corrected chi connectivity index (χ4v) is 4.77. The molecule has 0 saturated heterocycles. The van der Waals surface area contributed by atoms with Gasteiger partial charge >= 0.3 is 6.09 Å². The quantitative estimate of drug-likeness (QED) is 0.222. The molecule has 204 valence electrons. The van der Waals surface area contributed by atoms with E-state index in [4.69, 9.17) is 14.2 Å². The van der Waals surface area contributed by atoms with Gasteiger partial charge in [0, 0.05) is 35.6 Å². The lowest BCUT2D eigenvalue weighted by molar-refractivity contribution is 0.215. The molecule has 0 saturated carbocycles. The number of hydrogen-bond acceptors (Lipinski definition) is 7. The zero-order valence-electron chi connectivity index (χ0n) is 22.9. The minimum absolute atomic E-state index is 0.209. The Morgan fingerprint density at radius 3 is 2.52 bits per heavy atom. The number of pyridine rings is 1. The van der Waals surface area contributed by atoms with Crippen molar-refractivity contribution < 1.29 is 19.0 Å². The average Bonchev–Trinajstić information content (AvgIpc) is 2.95. The van der Waals surface area contributed by atoms with Gasteiger partial charge in [0.05, 0.1) is 37.3 Å². The van der Waals surface area contributed by atoms with E-state index in [1.165, 1.54) is 0 Å². The number of carbonyl (C=O) groups excluding carboxylic acids is 1. The monoisotopic (exact) mass is 536 g/mol. The molecule has 1 aliphatic heterocycles. The van der Waals surface area contributed by atoms with Crippen molar-refractivity contribution >= 4 is 28.7 Å². The number of hydrogen-bond donors (Lipinski definition) is 3. The van der Waals surface area contributed by atoms with E-state index in [2.05, 4.69) is 59.1 Å². The van der Waals surface area contributed by atoms with E-state index in [0.717, 1.165) is 39.4 Å². The maximum absolute atomic E-state index is 12.4. The minimum Gasteiger partial charge on any atom is -0.496 e. The standard InChI is InChI=1S/C32H32N4O4/c1-32(2)18-22(19-34-28-9-5-6-10-29(28)38-3)26-16-21(11-14-27(26)36-32)25-13-12-24(17-30(25)39-4)40-31(37)35-23-8-7-15-33-20-23/h5-18,20,34,36H,19H2,1-4H3,(H,35,37). The van der Waals surface area contributed by atoms with E-state index in [0.29, 0.717) is 23.7 Å². The summed E-state index contributed by atoms with van der Waals surface area (Å²) in [4.78, 5) is 16.3. The molecule has 40 heavy (non-hydrogen) atoms. The molecule has 0 radical (unpaired) electrons. The minimum atomic E-state index is -0.609. The summed E-state index contributed by atoms with van der Waals surface area (Å²) in [6, 6.07) is 23.0. The van der Waals surface area contributed by atoms with Crippen molar-refractivity contribution in [1.82, 2.24) is 4.98 Å². The van der Waals surface area contributed by atoms with Crippen LogP contribution >= 0.6 is 0 Å². The van der Waals surface area contributed by atoms with Crippen molar-refractivity contribution in [3.05, 3.63) is 96.8 Å². The molecule has 8 heteroatoms. The van der Waals surface area contributed by atoms with Gasteiger partial charge in [-0.2, -0.15) is 0 Å². The fourth-order valence-electron chi connectivity index (χ4n) is 4.77. The molecule has 0 bridgehead atoms. The molecular formula is C32H32N4O4. The molecule has 5 rings (SSSR count). The van der Waals surface area contributed by atoms with Gasteiger partial charge in [0.25, 0.3) is 0 Å². The number of nitrogens with zero attached hydrogens (tertiary/aromatic N) is 1. The van der Waals surface area contributed by atoms with Crippen LogP contribution in [0.2, 0.25) is 0 Å². The Hall–Kier alpha value is -4.98. The second-order valence-electron chi connectivity index (χ2n) is 9.95. The molecular weight excluding hydrogens is 504 g/mol. The average molecular weight is 537 g/mol. The van der Waals surface area contributed by atoms with Crippen molar-refractivity contribution in [2.75, 3.05) is 36.7 Å². The van der Waals surface area contributed by atoms with Gasteiger partial charge in [0.15, 0.2) is 0 Å². The van der Waals surface area contributed by atoms with Crippen LogP contribution in [0.5, 0.6) is 17.2 Å². The lowest BCUT2D eigenvalue weighted by atomic mass is 9.88. The Morgan fingerprint density at radius 2 is 1.75 bits per heavy atom. The molecule has 0 atom stereocenters. The summed E-state index contributed by atoms with van der Waals surface area (Å²) in [5, 5.41) is 9.81. The first kappa shape index (κ1) is 26.6. The van der Waals surface area contributed by atoms with E-state index in [-0.39, 0.29) is 5.54 Å². The van der Waals surface area contributed by atoms with Crippen molar-refractivity contribution in [2.24, 2.45) is 0 Å². The third kappa shape index (κ3) is 6.02. The highest BCUT2D eigenvalue weighted by molar-refractivity contribution is 5.88. The first-order valence-corrected chi connectivity index (χ1v) is 12.9. The number of carbonyl (C=O) groups is 1. The Bertz CT molecular complexity index is 1550. The summed E-state index contributed by atoms with van der Waals surface area (Å²) < 4.78 is 16.7. The highest BCUT2D eigenvalue weighted by Gasteiger charge is 2.25. The molecule has 1 amide bonds. The lowest BCUT2D eigenvalue weighted by Gasteiger charge is -2.33. The first-order valence-electron chi connectivity index (χ1n) is 12.9. The SMILES string of the molecule is COc1ccccc1NCC1=CC(C)(C)Nc2ccc(-c3ccc(OC(=O)Nc4cccnc4)cc3OC)cc21. The molecule has 8 nitrogen and oxygen atoms in total. The maximum atomic E-state index is 12.4. The molecule has 2 heterocycles. The third-order valence-corrected chi connectivity index (χ3v) is 6.54. The van der Waals surface area contributed by atoms with Crippen LogP contribution in [0.3, 0.4) is 0 Å². The number of para-hydroxylation sites is 2. The van der Waals surface area contributed by atoms with Gasteiger partial charge in [-0.15, -0.1) is 0 Å². The number of methoxy groups -OCH3 is 2. The number of fused-ring (bicyclic) bond motifs is 1. The van der Waals surface area contributed by atoms with Crippen molar-refractivity contribution in [3.63, 3.8) is 0 Å². The molecule has 3 N–H and O–H groups in total. The summed E-state index contributed by atoms with van der Waals surface area (Å²) >= 11 is 0. The van der Waals surface area contributed by atoms with Crippen LogP contribution in [0.1, 0.15) is 19.4 Å². The predicted octanol–water partition coefficient (Wildman–Crippen LogP) is 7.08. The number of anilines is 3. The number of amides is 1. The van der Waals surface area contributed by atoms with Crippen molar-refractivity contribution in [3.8, 4) is 28.4 Å². The van der Waals surface area contributed by atoms with Crippen molar-refractivity contribution in [2.45, 2.75) is 19.4 Å².